The van der Waals surface area contributed by atoms with Crippen molar-refractivity contribution in [3.05, 3.63) is 75.9 Å². The van der Waals surface area contributed by atoms with E-state index in [1.807, 2.05) is 37.5 Å². The quantitative estimate of drug-likeness (QED) is 0.0565. The second kappa shape index (κ2) is 21.1. The Balaban J connectivity index is 0.000000470. The summed E-state index contributed by atoms with van der Waals surface area (Å²) in [6.45, 7) is 9.60. The maximum atomic E-state index is 11.6. The number of ether oxygens (including phenoxy) is 3. The van der Waals surface area contributed by atoms with Crippen LogP contribution in [0.2, 0.25) is 0 Å². The first kappa shape index (κ1) is 42.0. The molecule has 4 rings (SSSR count). The molecule has 5 N–H and O–H groups in total. The molecular weight excluding hydrogens is 728 g/mol. The lowest BCUT2D eigenvalue weighted by atomic mass is 10.2. The van der Waals surface area contributed by atoms with Crippen LogP contribution in [0.25, 0.3) is 0 Å². The number of rotatable bonds is 10. The number of hydrazine groups is 2. The Bertz CT molecular complexity index is 1530. The van der Waals surface area contributed by atoms with E-state index >= 15 is 0 Å². The minimum Gasteiger partial charge on any atom is -0.443 e. The molecule has 0 spiro atoms. The SMILES string of the molecule is Cc1nc(CCc2ccc(COC(=O)NN)s2)cs1.Cc1nc(CCc2ccc(COC(=O)NNC(=O)OC(C)(C)C)s2)cs1.Cl.Cl. The van der Waals surface area contributed by atoms with Gasteiger partial charge in [-0.1, -0.05) is 0 Å². The number of aromatic nitrogens is 2. The van der Waals surface area contributed by atoms with E-state index in [4.69, 9.17) is 20.1 Å². The van der Waals surface area contributed by atoms with Gasteiger partial charge in [-0.3, -0.25) is 5.43 Å². The molecular formula is C29H40Cl2N6O6S4. The molecule has 260 valence electrons. The van der Waals surface area contributed by atoms with Crippen molar-refractivity contribution >= 4 is 88.4 Å². The monoisotopic (exact) mass is 766 g/mol. The number of nitrogens with two attached hydrogens (primary N) is 1. The molecule has 0 aliphatic heterocycles. The van der Waals surface area contributed by atoms with Crippen molar-refractivity contribution in [3.63, 3.8) is 0 Å². The fourth-order valence-corrected chi connectivity index (χ4v) is 6.73. The van der Waals surface area contributed by atoms with Crippen LogP contribution in [0.3, 0.4) is 0 Å². The summed E-state index contributed by atoms with van der Waals surface area (Å²) in [5, 5.41) is 6.35. The van der Waals surface area contributed by atoms with E-state index in [0.29, 0.717) is 0 Å². The smallest absolute Gasteiger partial charge is 0.426 e. The van der Waals surface area contributed by atoms with Gasteiger partial charge in [-0.15, -0.1) is 70.2 Å². The average Bonchev–Trinajstić information content (AvgIpc) is 3.80. The summed E-state index contributed by atoms with van der Waals surface area (Å²) in [6, 6.07) is 7.99. The summed E-state index contributed by atoms with van der Waals surface area (Å²) in [4.78, 5) is 47.2. The van der Waals surface area contributed by atoms with Crippen molar-refractivity contribution in [2.45, 2.75) is 79.1 Å². The molecule has 0 radical (unpaired) electrons. The number of thiazole rings is 2. The summed E-state index contributed by atoms with van der Waals surface area (Å²) in [5.41, 5.74) is 7.80. The van der Waals surface area contributed by atoms with Crippen LogP contribution in [0.4, 0.5) is 14.4 Å². The number of hydrogen-bond acceptors (Lipinski definition) is 13. The van der Waals surface area contributed by atoms with Gasteiger partial charge in [0.05, 0.1) is 21.4 Å². The normalized spacial score (nSPS) is 10.3. The van der Waals surface area contributed by atoms with Gasteiger partial charge in [-0.05, 0) is 84.6 Å². The molecule has 47 heavy (non-hydrogen) atoms. The molecule has 0 aromatic carbocycles. The van der Waals surface area contributed by atoms with E-state index in [1.165, 1.54) is 9.75 Å². The first-order valence-electron chi connectivity index (χ1n) is 13.9. The number of carbonyl (C=O) groups is 3. The van der Waals surface area contributed by atoms with Gasteiger partial charge in [0, 0.05) is 30.3 Å². The van der Waals surface area contributed by atoms with Crippen LogP contribution in [0, 0.1) is 13.8 Å². The second-order valence-corrected chi connectivity index (χ2v) is 15.1. The van der Waals surface area contributed by atoms with Gasteiger partial charge in [-0.25, -0.2) is 41.0 Å². The number of hydrogen-bond donors (Lipinski definition) is 4. The number of halogens is 2. The highest BCUT2D eigenvalue weighted by molar-refractivity contribution is 7.12. The zero-order chi connectivity index (χ0) is 32.8. The third-order valence-corrected chi connectivity index (χ3v) is 9.38. The van der Waals surface area contributed by atoms with E-state index in [9.17, 15) is 14.4 Å². The maximum Gasteiger partial charge on any atom is 0.426 e. The fraction of sp³-hybridized carbons (Fsp3) is 0.414. The third kappa shape index (κ3) is 17.1. The zero-order valence-corrected chi connectivity index (χ0v) is 31.5. The summed E-state index contributed by atoms with van der Waals surface area (Å²) in [5.74, 6) is 4.93. The second-order valence-electron chi connectivity index (χ2n) is 10.5. The topological polar surface area (TPSA) is 167 Å². The van der Waals surface area contributed by atoms with Crippen molar-refractivity contribution in [1.82, 2.24) is 26.2 Å². The lowest BCUT2D eigenvalue weighted by molar-refractivity contribution is 0.0484. The van der Waals surface area contributed by atoms with Crippen molar-refractivity contribution in [1.29, 1.82) is 0 Å². The van der Waals surface area contributed by atoms with E-state index in [1.54, 1.807) is 66.1 Å². The van der Waals surface area contributed by atoms with Crippen molar-refractivity contribution in [3.8, 4) is 0 Å². The summed E-state index contributed by atoms with van der Waals surface area (Å²) < 4.78 is 14.9. The van der Waals surface area contributed by atoms with Crippen LogP contribution in [-0.4, -0.2) is 33.8 Å². The van der Waals surface area contributed by atoms with Gasteiger partial charge < -0.3 is 14.2 Å². The number of aryl methyl sites for hydroxylation is 6. The van der Waals surface area contributed by atoms with E-state index in [2.05, 4.69) is 37.6 Å². The molecule has 4 aromatic rings. The van der Waals surface area contributed by atoms with Crippen LogP contribution in [0.15, 0.2) is 35.0 Å². The van der Waals surface area contributed by atoms with E-state index in [0.717, 1.165) is 56.8 Å². The average molecular weight is 768 g/mol. The maximum absolute atomic E-state index is 11.6. The number of carbonyl (C=O) groups excluding carboxylic acids is 3. The lowest BCUT2D eigenvalue weighted by Crippen LogP contribution is -2.44. The van der Waals surface area contributed by atoms with Gasteiger partial charge in [0.25, 0.3) is 0 Å². The van der Waals surface area contributed by atoms with Crippen LogP contribution >= 0.6 is 70.2 Å². The first-order valence-corrected chi connectivity index (χ1v) is 17.3. The largest absolute Gasteiger partial charge is 0.443 e. The molecule has 0 bridgehead atoms. The molecule has 0 saturated carbocycles. The Morgan fingerprint density at radius 1 is 0.702 bits per heavy atom. The highest BCUT2D eigenvalue weighted by Crippen LogP contribution is 2.21. The van der Waals surface area contributed by atoms with Crippen molar-refractivity contribution in [2.75, 3.05) is 0 Å². The number of thiophene rings is 2. The highest BCUT2D eigenvalue weighted by Gasteiger charge is 2.17. The Kier molecular flexibility index (Phi) is 18.9. The molecule has 0 aliphatic rings. The van der Waals surface area contributed by atoms with Gasteiger partial charge in [0.15, 0.2) is 0 Å². The molecule has 3 amide bonds. The molecule has 0 unspecified atom stereocenters. The molecule has 18 heteroatoms. The zero-order valence-electron chi connectivity index (χ0n) is 26.6. The minimum absolute atomic E-state index is 0. The Labute approximate surface area is 302 Å². The molecule has 0 saturated heterocycles. The number of nitrogens with one attached hydrogen (secondary N) is 3. The van der Waals surface area contributed by atoms with Crippen molar-refractivity contribution in [2.24, 2.45) is 5.84 Å². The van der Waals surface area contributed by atoms with Crippen LogP contribution < -0.4 is 22.1 Å². The minimum atomic E-state index is -0.747. The molecule has 0 aliphatic carbocycles. The molecule has 0 atom stereocenters. The Morgan fingerprint density at radius 3 is 1.53 bits per heavy atom. The van der Waals surface area contributed by atoms with Gasteiger partial charge in [0.2, 0.25) is 0 Å². The predicted molar refractivity (Wildman–Crippen MR) is 192 cm³/mol. The van der Waals surface area contributed by atoms with E-state index in [-0.39, 0.29) is 38.0 Å². The number of nitrogens with zero attached hydrogens (tertiary/aromatic N) is 2. The Hall–Kier alpha value is -2.99. The van der Waals surface area contributed by atoms with Crippen LogP contribution in [0.5, 0.6) is 0 Å². The summed E-state index contributed by atoms with van der Waals surface area (Å²) in [7, 11) is 0. The Morgan fingerprint density at radius 2 is 1.13 bits per heavy atom. The van der Waals surface area contributed by atoms with Crippen LogP contribution in [-0.2, 0) is 53.1 Å². The third-order valence-electron chi connectivity index (χ3n) is 5.50. The molecule has 4 heterocycles. The summed E-state index contributed by atoms with van der Waals surface area (Å²) in [6.07, 6.45) is 1.58. The van der Waals surface area contributed by atoms with Gasteiger partial charge >= 0.3 is 18.3 Å². The molecule has 0 fully saturated rings. The molecule has 4 aromatic heterocycles. The lowest BCUT2D eigenvalue weighted by Gasteiger charge is -2.19. The standard InChI is InChI=1S/C17H23N3O4S2.C12H15N3O2S2.2ClH/c1-11-18-12(10-25-11)5-6-13-7-8-14(26-13)9-23-15(21)19-20-16(22)24-17(2,3)4;1-8-14-9(7-18-8)2-3-10-4-5-11(19-10)6-17-12(16)15-13;;/h7-8,10H,5-6,9H2,1-4H3,(H,19,21)(H,20,22);4-5,7H,2-3,6,13H2,1H3,(H,15,16);2*1H. The van der Waals surface area contributed by atoms with Gasteiger partial charge in [-0.2, -0.15) is 0 Å². The van der Waals surface area contributed by atoms with Crippen molar-refractivity contribution < 1.29 is 28.6 Å². The molecule has 12 nitrogen and oxygen atoms in total. The summed E-state index contributed by atoms with van der Waals surface area (Å²) >= 11 is 6.56. The number of amides is 3. The fourth-order valence-electron chi connectivity index (χ4n) is 3.57. The van der Waals surface area contributed by atoms with Gasteiger partial charge in [0.1, 0.15) is 18.8 Å². The first-order chi connectivity index (χ1) is 21.4. The van der Waals surface area contributed by atoms with E-state index < -0.39 is 23.9 Å². The van der Waals surface area contributed by atoms with Crippen LogP contribution in [0.1, 0.15) is 61.7 Å². The highest BCUT2D eigenvalue weighted by atomic mass is 35.5. The predicted octanol–water partition coefficient (Wildman–Crippen LogP) is 7.21.